The van der Waals surface area contributed by atoms with E-state index in [2.05, 4.69) is 25.2 Å². The van der Waals surface area contributed by atoms with E-state index in [1.54, 1.807) is 14.1 Å². The number of carbonyl (C=O) groups is 1. The van der Waals surface area contributed by atoms with Gasteiger partial charge in [-0.2, -0.15) is 5.26 Å². The first-order valence-electron chi connectivity index (χ1n) is 5.66. The lowest BCUT2D eigenvalue weighted by atomic mass is 10.2. The van der Waals surface area contributed by atoms with E-state index >= 15 is 0 Å². The zero-order chi connectivity index (χ0) is 13.9. The minimum Gasteiger partial charge on any atom is -0.396 e. The molecule has 0 fully saturated rings. The third-order valence-electron chi connectivity index (χ3n) is 2.33. The summed E-state index contributed by atoms with van der Waals surface area (Å²) < 4.78 is 0. The van der Waals surface area contributed by atoms with Crippen LogP contribution in [0.1, 0.15) is 29.1 Å². The van der Waals surface area contributed by atoms with Gasteiger partial charge in [-0.1, -0.05) is 13.8 Å². The van der Waals surface area contributed by atoms with Crippen LogP contribution in [0.5, 0.6) is 0 Å². The molecule has 0 aliphatic rings. The first-order chi connectivity index (χ1) is 8.38. The lowest BCUT2D eigenvalue weighted by Gasteiger charge is -2.08. The van der Waals surface area contributed by atoms with Crippen LogP contribution in [-0.4, -0.2) is 31.4 Å². The SMILES string of the molecule is CC(C)CNc1sc(C(=O)N(C)C)c(N)c1C#N. The predicted molar refractivity (Wildman–Crippen MR) is 74.8 cm³/mol. The monoisotopic (exact) mass is 266 g/mol. The van der Waals surface area contributed by atoms with Crippen molar-refractivity contribution < 1.29 is 4.79 Å². The summed E-state index contributed by atoms with van der Waals surface area (Å²) in [7, 11) is 3.32. The summed E-state index contributed by atoms with van der Waals surface area (Å²) in [5, 5.41) is 12.9. The molecule has 1 rings (SSSR count). The van der Waals surface area contributed by atoms with Gasteiger partial charge >= 0.3 is 0 Å². The van der Waals surface area contributed by atoms with Crippen LogP contribution in [0.25, 0.3) is 0 Å². The summed E-state index contributed by atoms with van der Waals surface area (Å²) in [6.07, 6.45) is 0. The highest BCUT2D eigenvalue weighted by Gasteiger charge is 2.22. The molecule has 1 aromatic heterocycles. The second-order valence-electron chi connectivity index (χ2n) is 4.64. The van der Waals surface area contributed by atoms with E-state index in [1.165, 1.54) is 16.2 Å². The second-order valence-corrected chi connectivity index (χ2v) is 5.66. The average Bonchev–Trinajstić information content (AvgIpc) is 2.61. The van der Waals surface area contributed by atoms with Crippen LogP contribution in [0.3, 0.4) is 0 Å². The van der Waals surface area contributed by atoms with E-state index in [-0.39, 0.29) is 11.6 Å². The maximum Gasteiger partial charge on any atom is 0.265 e. The number of nitrogens with one attached hydrogen (secondary N) is 1. The predicted octanol–water partition coefficient (Wildman–Crippen LogP) is 1.97. The quantitative estimate of drug-likeness (QED) is 0.873. The van der Waals surface area contributed by atoms with Crippen LogP contribution < -0.4 is 11.1 Å². The number of nitrogens with zero attached hydrogens (tertiary/aromatic N) is 2. The molecule has 0 aliphatic heterocycles. The van der Waals surface area contributed by atoms with Crippen LogP contribution in [0.2, 0.25) is 0 Å². The Morgan fingerprint density at radius 3 is 2.61 bits per heavy atom. The third kappa shape index (κ3) is 2.93. The van der Waals surface area contributed by atoms with Crippen LogP contribution in [0.4, 0.5) is 10.7 Å². The maximum absolute atomic E-state index is 11.9. The molecule has 5 nitrogen and oxygen atoms in total. The molecule has 6 heteroatoms. The molecule has 0 aliphatic carbocycles. The van der Waals surface area contributed by atoms with Gasteiger partial charge in [-0.05, 0) is 5.92 Å². The molecular formula is C12H18N4OS. The molecule has 0 bridgehead atoms. The van der Waals surface area contributed by atoms with Gasteiger partial charge in [0, 0.05) is 20.6 Å². The molecular weight excluding hydrogens is 248 g/mol. The number of nitrogens with two attached hydrogens (primary N) is 1. The Hall–Kier alpha value is -1.74. The van der Waals surface area contributed by atoms with Crippen molar-refractivity contribution in [2.24, 2.45) is 5.92 Å². The van der Waals surface area contributed by atoms with Gasteiger partial charge in [0.15, 0.2) is 0 Å². The molecule has 0 unspecified atom stereocenters. The Bertz CT molecular complexity index is 485. The Morgan fingerprint density at radius 1 is 1.56 bits per heavy atom. The Labute approximate surface area is 111 Å². The molecule has 0 atom stereocenters. The number of anilines is 2. The minimum atomic E-state index is -0.174. The lowest BCUT2D eigenvalue weighted by molar-refractivity contribution is 0.0833. The van der Waals surface area contributed by atoms with E-state index < -0.39 is 0 Å². The van der Waals surface area contributed by atoms with Gasteiger partial charge in [0.25, 0.3) is 5.91 Å². The van der Waals surface area contributed by atoms with E-state index in [0.29, 0.717) is 21.4 Å². The van der Waals surface area contributed by atoms with Crippen LogP contribution in [0, 0.1) is 17.2 Å². The largest absolute Gasteiger partial charge is 0.396 e. The number of rotatable bonds is 4. The summed E-state index contributed by atoms with van der Waals surface area (Å²) in [4.78, 5) is 13.8. The average molecular weight is 266 g/mol. The first kappa shape index (κ1) is 14.3. The highest BCUT2D eigenvalue weighted by molar-refractivity contribution is 7.18. The Morgan fingerprint density at radius 2 is 2.17 bits per heavy atom. The number of amides is 1. The summed E-state index contributed by atoms with van der Waals surface area (Å²) in [6.45, 7) is 4.88. The van der Waals surface area contributed by atoms with Crippen LogP contribution >= 0.6 is 11.3 Å². The molecule has 18 heavy (non-hydrogen) atoms. The molecule has 0 saturated carbocycles. The summed E-state index contributed by atoms with van der Waals surface area (Å²) in [5.74, 6) is 0.277. The van der Waals surface area contributed by atoms with Crippen molar-refractivity contribution in [2.75, 3.05) is 31.7 Å². The number of thiophene rings is 1. The van der Waals surface area contributed by atoms with Crippen molar-refractivity contribution >= 4 is 27.9 Å². The third-order valence-corrected chi connectivity index (χ3v) is 3.48. The fourth-order valence-electron chi connectivity index (χ4n) is 1.34. The minimum absolute atomic E-state index is 0.174. The topological polar surface area (TPSA) is 82.2 Å². The molecule has 0 aromatic carbocycles. The number of hydrogen-bond acceptors (Lipinski definition) is 5. The molecule has 0 spiro atoms. The highest BCUT2D eigenvalue weighted by atomic mass is 32.1. The Kier molecular flexibility index (Phi) is 4.56. The zero-order valence-corrected chi connectivity index (χ0v) is 11.9. The van der Waals surface area contributed by atoms with Crippen molar-refractivity contribution in [3.05, 3.63) is 10.4 Å². The van der Waals surface area contributed by atoms with Gasteiger partial charge in [0.05, 0.1) is 5.69 Å². The van der Waals surface area contributed by atoms with E-state index in [0.717, 1.165) is 6.54 Å². The molecule has 98 valence electrons. The van der Waals surface area contributed by atoms with E-state index in [9.17, 15) is 4.79 Å². The van der Waals surface area contributed by atoms with Crippen molar-refractivity contribution in [2.45, 2.75) is 13.8 Å². The Balaban J connectivity index is 3.10. The molecule has 0 saturated heterocycles. The first-order valence-corrected chi connectivity index (χ1v) is 6.48. The number of nitrogen functional groups attached to an aromatic ring is 1. The van der Waals surface area contributed by atoms with Gasteiger partial charge < -0.3 is 16.0 Å². The summed E-state index contributed by atoms with van der Waals surface area (Å²) >= 11 is 1.24. The zero-order valence-electron chi connectivity index (χ0n) is 11.1. The summed E-state index contributed by atoms with van der Waals surface area (Å²) in [5.41, 5.74) is 6.50. The fraction of sp³-hybridized carbons (Fsp3) is 0.500. The smallest absolute Gasteiger partial charge is 0.265 e. The number of hydrogen-bond donors (Lipinski definition) is 2. The van der Waals surface area contributed by atoms with Crippen molar-refractivity contribution in [1.82, 2.24) is 4.90 Å². The van der Waals surface area contributed by atoms with Gasteiger partial charge in [0.1, 0.15) is 21.5 Å². The fourth-order valence-corrected chi connectivity index (χ4v) is 2.44. The number of nitriles is 1. The molecule has 1 amide bonds. The van der Waals surface area contributed by atoms with Gasteiger partial charge in [-0.3, -0.25) is 4.79 Å². The maximum atomic E-state index is 11.9. The van der Waals surface area contributed by atoms with Crippen LogP contribution in [-0.2, 0) is 0 Å². The summed E-state index contributed by atoms with van der Waals surface area (Å²) in [6, 6.07) is 2.05. The van der Waals surface area contributed by atoms with E-state index in [1.807, 2.05) is 0 Å². The van der Waals surface area contributed by atoms with Crippen molar-refractivity contribution in [3.8, 4) is 6.07 Å². The standard InChI is InChI=1S/C12H18N4OS/c1-7(2)6-15-11-8(5-13)9(14)10(18-11)12(17)16(3)4/h7,15H,6,14H2,1-4H3. The van der Waals surface area contributed by atoms with Crippen molar-refractivity contribution in [3.63, 3.8) is 0 Å². The van der Waals surface area contributed by atoms with Gasteiger partial charge in [-0.15, -0.1) is 11.3 Å². The van der Waals surface area contributed by atoms with Crippen molar-refractivity contribution in [1.29, 1.82) is 5.26 Å². The van der Waals surface area contributed by atoms with E-state index in [4.69, 9.17) is 11.0 Å². The second kappa shape index (κ2) is 5.74. The van der Waals surface area contributed by atoms with Crippen LogP contribution in [0.15, 0.2) is 0 Å². The molecule has 0 radical (unpaired) electrons. The lowest BCUT2D eigenvalue weighted by Crippen LogP contribution is -2.21. The molecule has 1 aromatic rings. The highest BCUT2D eigenvalue weighted by Crippen LogP contribution is 2.35. The number of carbonyl (C=O) groups excluding carboxylic acids is 1. The molecule has 1 heterocycles. The van der Waals surface area contributed by atoms with Gasteiger partial charge in [-0.25, -0.2) is 0 Å². The molecule has 3 N–H and O–H groups in total. The van der Waals surface area contributed by atoms with Gasteiger partial charge in [0.2, 0.25) is 0 Å². The normalized spacial score (nSPS) is 10.2.